The highest BCUT2D eigenvalue weighted by Gasteiger charge is 2.25. The van der Waals surface area contributed by atoms with Crippen molar-refractivity contribution >= 4 is 11.9 Å². The second-order valence-electron chi connectivity index (χ2n) is 8.34. The molecule has 2 aliphatic rings. The largest absolute Gasteiger partial charge is 0.481 e. The number of carboxylic acid groups (broad SMARTS) is 1. The molecule has 28 heavy (non-hydrogen) atoms. The van der Waals surface area contributed by atoms with Gasteiger partial charge in [0.05, 0.1) is 0 Å². The maximum Gasteiger partial charge on any atom is 0.303 e. The molecule has 1 saturated carbocycles. The Balaban J connectivity index is 1.47. The number of amides is 1. The number of aliphatic carboxylic acids is 1. The van der Waals surface area contributed by atoms with Crippen LogP contribution in [0.1, 0.15) is 81.4 Å². The van der Waals surface area contributed by atoms with E-state index < -0.39 is 5.97 Å². The Kier molecular flexibility index (Phi) is 7.49. The summed E-state index contributed by atoms with van der Waals surface area (Å²) >= 11 is 0. The van der Waals surface area contributed by atoms with Gasteiger partial charge in [0, 0.05) is 45.1 Å². The smallest absolute Gasteiger partial charge is 0.303 e. The van der Waals surface area contributed by atoms with E-state index in [-0.39, 0.29) is 12.3 Å². The molecule has 0 aromatic heterocycles. The maximum atomic E-state index is 12.2. The van der Waals surface area contributed by atoms with E-state index in [2.05, 4.69) is 36.1 Å². The van der Waals surface area contributed by atoms with Crippen LogP contribution < -0.4 is 0 Å². The highest BCUT2D eigenvalue weighted by Crippen LogP contribution is 2.33. The Morgan fingerprint density at radius 2 is 1.64 bits per heavy atom. The molecule has 1 aliphatic carbocycles. The molecule has 3 rings (SSSR count). The van der Waals surface area contributed by atoms with Crippen molar-refractivity contribution in [2.24, 2.45) is 0 Å². The number of carbonyl (C=O) groups is 2. The van der Waals surface area contributed by atoms with Crippen molar-refractivity contribution < 1.29 is 14.7 Å². The third kappa shape index (κ3) is 5.57. The van der Waals surface area contributed by atoms with Gasteiger partial charge in [-0.15, -0.1) is 0 Å². The summed E-state index contributed by atoms with van der Waals surface area (Å²) in [6.07, 6.45) is 7.61. The number of carboxylic acids is 1. The fourth-order valence-corrected chi connectivity index (χ4v) is 4.60. The first kappa shape index (κ1) is 20.8. The van der Waals surface area contributed by atoms with E-state index in [0.717, 1.165) is 32.1 Å². The summed E-state index contributed by atoms with van der Waals surface area (Å²) in [6, 6.07) is 9.58. The number of nitrogens with zero attached hydrogens (tertiary/aromatic N) is 2. The molecule has 0 radical (unpaired) electrons. The van der Waals surface area contributed by atoms with Crippen LogP contribution in [0.25, 0.3) is 0 Å². The molecule has 1 amide bonds. The first-order valence-corrected chi connectivity index (χ1v) is 10.9. The van der Waals surface area contributed by atoms with Crippen LogP contribution in [0.5, 0.6) is 0 Å². The third-order valence-corrected chi connectivity index (χ3v) is 6.49. The summed E-state index contributed by atoms with van der Waals surface area (Å²) in [5.74, 6) is 0.000118. The average Bonchev–Trinajstić information content (AvgIpc) is 2.74. The van der Waals surface area contributed by atoms with Crippen LogP contribution in [0.15, 0.2) is 24.3 Å². The lowest BCUT2D eigenvalue weighted by Crippen LogP contribution is -2.49. The lowest BCUT2D eigenvalue weighted by Gasteiger charge is -2.38. The topological polar surface area (TPSA) is 60.9 Å². The van der Waals surface area contributed by atoms with Gasteiger partial charge in [-0.2, -0.15) is 0 Å². The summed E-state index contributed by atoms with van der Waals surface area (Å²) in [5, 5.41) is 8.70. The van der Waals surface area contributed by atoms with E-state index in [1.54, 1.807) is 0 Å². The summed E-state index contributed by atoms with van der Waals surface area (Å²) in [7, 11) is 0. The molecular weight excluding hydrogens is 352 g/mol. The van der Waals surface area contributed by atoms with Gasteiger partial charge in [-0.05, 0) is 43.2 Å². The van der Waals surface area contributed by atoms with Gasteiger partial charge in [-0.25, -0.2) is 0 Å². The fraction of sp³-hybridized carbons (Fsp3) is 0.652. The molecule has 5 nitrogen and oxygen atoms in total. The van der Waals surface area contributed by atoms with Gasteiger partial charge in [0.2, 0.25) is 5.91 Å². The van der Waals surface area contributed by atoms with Crippen LogP contribution in [0.4, 0.5) is 0 Å². The first-order chi connectivity index (χ1) is 13.5. The number of piperazine rings is 1. The van der Waals surface area contributed by atoms with E-state index in [1.807, 2.05) is 4.90 Å². The zero-order valence-electron chi connectivity index (χ0n) is 17.1. The van der Waals surface area contributed by atoms with Gasteiger partial charge in [-0.1, -0.05) is 43.5 Å². The summed E-state index contributed by atoms with van der Waals surface area (Å²) in [6.45, 7) is 5.46. The van der Waals surface area contributed by atoms with Crippen molar-refractivity contribution in [2.75, 3.05) is 26.2 Å². The summed E-state index contributed by atoms with van der Waals surface area (Å²) in [5.41, 5.74) is 2.84. The first-order valence-electron chi connectivity index (χ1n) is 10.9. The van der Waals surface area contributed by atoms with Crippen LogP contribution in [-0.4, -0.2) is 53.0 Å². The van der Waals surface area contributed by atoms with Crippen LogP contribution >= 0.6 is 0 Å². The molecule has 2 fully saturated rings. The normalized spacial score (nSPS) is 20.1. The second-order valence-corrected chi connectivity index (χ2v) is 8.34. The number of hydrogen-bond acceptors (Lipinski definition) is 3. The van der Waals surface area contributed by atoms with Gasteiger partial charge in [0.1, 0.15) is 0 Å². The van der Waals surface area contributed by atoms with E-state index in [0.29, 0.717) is 18.9 Å². The van der Waals surface area contributed by atoms with E-state index in [1.165, 1.54) is 43.2 Å². The van der Waals surface area contributed by atoms with Crippen LogP contribution in [0, 0.1) is 0 Å². The number of rotatable bonds is 7. The van der Waals surface area contributed by atoms with E-state index in [9.17, 15) is 9.59 Å². The van der Waals surface area contributed by atoms with Crippen molar-refractivity contribution in [2.45, 2.75) is 70.3 Å². The maximum absolute atomic E-state index is 12.2. The molecule has 1 aliphatic heterocycles. The van der Waals surface area contributed by atoms with Gasteiger partial charge in [0.15, 0.2) is 0 Å². The number of hydrogen-bond donors (Lipinski definition) is 1. The van der Waals surface area contributed by atoms with Crippen LogP contribution in [0.3, 0.4) is 0 Å². The molecule has 5 heteroatoms. The van der Waals surface area contributed by atoms with Gasteiger partial charge in [0.25, 0.3) is 0 Å². The molecule has 1 unspecified atom stereocenters. The van der Waals surface area contributed by atoms with Crippen molar-refractivity contribution in [1.82, 2.24) is 9.80 Å². The van der Waals surface area contributed by atoms with E-state index in [4.69, 9.17) is 5.11 Å². The second kappa shape index (κ2) is 10.1. The molecule has 1 atom stereocenters. The molecule has 0 spiro atoms. The van der Waals surface area contributed by atoms with Crippen molar-refractivity contribution in [1.29, 1.82) is 0 Å². The minimum atomic E-state index is -0.832. The van der Waals surface area contributed by atoms with Gasteiger partial charge >= 0.3 is 5.97 Å². The Morgan fingerprint density at radius 3 is 2.25 bits per heavy atom. The molecular formula is C23H34N2O3. The number of benzene rings is 1. The lowest BCUT2D eigenvalue weighted by atomic mass is 9.83. The average molecular weight is 387 g/mol. The minimum absolute atomic E-state index is 0.0690. The minimum Gasteiger partial charge on any atom is -0.481 e. The molecule has 1 aromatic carbocycles. The molecule has 154 valence electrons. The van der Waals surface area contributed by atoms with Crippen molar-refractivity contribution in [3.8, 4) is 0 Å². The molecule has 1 aromatic rings. The summed E-state index contributed by atoms with van der Waals surface area (Å²) in [4.78, 5) is 27.1. The Labute approximate surface area is 168 Å². The van der Waals surface area contributed by atoms with Crippen molar-refractivity contribution in [3.63, 3.8) is 0 Å². The molecule has 1 saturated heterocycles. The SMILES string of the molecule is CC(c1ccc(C2CCCCC2)cc1)N1CCN(C(=O)CCCC(=O)O)CC1. The molecule has 0 bridgehead atoms. The number of carbonyl (C=O) groups excluding carboxylic acids is 1. The van der Waals surface area contributed by atoms with Crippen LogP contribution in [-0.2, 0) is 9.59 Å². The lowest BCUT2D eigenvalue weighted by molar-refractivity contribution is -0.137. The quantitative estimate of drug-likeness (QED) is 0.763. The Bertz CT molecular complexity index is 644. The summed E-state index contributed by atoms with van der Waals surface area (Å²) < 4.78 is 0. The van der Waals surface area contributed by atoms with Gasteiger partial charge in [-0.3, -0.25) is 14.5 Å². The van der Waals surface area contributed by atoms with Crippen molar-refractivity contribution in [3.05, 3.63) is 35.4 Å². The van der Waals surface area contributed by atoms with Crippen LogP contribution in [0.2, 0.25) is 0 Å². The zero-order valence-corrected chi connectivity index (χ0v) is 17.1. The fourth-order valence-electron chi connectivity index (χ4n) is 4.60. The molecule has 1 heterocycles. The highest BCUT2D eigenvalue weighted by atomic mass is 16.4. The Morgan fingerprint density at radius 1 is 1.00 bits per heavy atom. The standard InChI is InChI=1S/C23H34N2O3/c1-18(19-10-12-21(13-11-19)20-6-3-2-4-7-20)24-14-16-25(17-15-24)22(26)8-5-9-23(27)28/h10-13,18,20H,2-9,14-17H2,1H3,(H,27,28). The van der Waals surface area contributed by atoms with E-state index >= 15 is 0 Å². The predicted molar refractivity (Wildman–Crippen MR) is 110 cm³/mol. The third-order valence-electron chi connectivity index (χ3n) is 6.49. The molecule has 1 N–H and O–H groups in total. The predicted octanol–water partition coefficient (Wildman–Crippen LogP) is 4.19. The monoisotopic (exact) mass is 386 g/mol. The highest BCUT2D eigenvalue weighted by molar-refractivity contribution is 5.77. The van der Waals surface area contributed by atoms with Gasteiger partial charge < -0.3 is 10.0 Å². The zero-order chi connectivity index (χ0) is 19.9. The Hall–Kier alpha value is -1.88.